The van der Waals surface area contributed by atoms with Crippen LogP contribution in [-0.2, 0) is 4.79 Å². The average Bonchev–Trinajstić information content (AvgIpc) is 2.54. The van der Waals surface area contributed by atoms with Crippen LogP contribution in [0.25, 0.3) is 0 Å². The van der Waals surface area contributed by atoms with Gasteiger partial charge in [0, 0.05) is 5.92 Å². The van der Waals surface area contributed by atoms with Crippen LogP contribution in [0.1, 0.15) is 123 Å². The average molecular weight is 311 g/mol. The molecule has 0 bridgehead atoms. The first kappa shape index (κ1) is 21.7. The Morgan fingerprint density at radius 2 is 0.864 bits per heavy atom. The molecule has 1 heteroatoms. The fourth-order valence-electron chi connectivity index (χ4n) is 3.18. The molecule has 0 N–H and O–H groups in total. The van der Waals surface area contributed by atoms with E-state index in [9.17, 15) is 4.79 Å². The van der Waals surface area contributed by atoms with Crippen LogP contribution in [0.2, 0.25) is 0 Å². The number of unbranched alkanes of at least 4 members (excludes halogenated alkanes) is 13. The maximum absolute atomic E-state index is 11.0. The van der Waals surface area contributed by atoms with Crippen LogP contribution < -0.4 is 0 Å². The van der Waals surface area contributed by atoms with E-state index >= 15 is 0 Å². The van der Waals surface area contributed by atoms with Gasteiger partial charge in [-0.05, 0) is 12.8 Å². The van der Waals surface area contributed by atoms with Crippen molar-refractivity contribution in [1.29, 1.82) is 0 Å². The van der Waals surface area contributed by atoms with Crippen LogP contribution in [0.15, 0.2) is 0 Å². The summed E-state index contributed by atoms with van der Waals surface area (Å²) in [4.78, 5) is 11.0. The molecular formula is C21H42O. The van der Waals surface area contributed by atoms with Crippen molar-refractivity contribution in [2.24, 2.45) is 5.92 Å². The van der Waals surface area contributed by atoms with Crippen molar-refractivity contribution in [2.75, 3.05) is 0 Å². The second kappa shape index (κ2) is 18.7. The number of aldehydes is 1. The summed E-state index contributed by atoms with van der Waals surface area (Å²) in [6, 6.07) is 0. The van der Waals surface area contributed by atoms with Crippen molar-refractivity contribution in [3.63, 3.8) is 0 Å². The number of carbonyl (C=O) groups is 1. The lowest BCUT2D eigenvalue weighted by molar-refractivity contribution is -0.111. The van der Waals surface area contributed by atoms with Gasteiger partial charge in [-0.2, -0.15) is 0 Å². The van der Waals surface area contributed by atoms with E-state index in [0.29, 0.717) is 5.92 Å². The third-order valence-electron chi connectivity index (χ3n) is 4.80. The lowest BCUT2D eigenvalue weighted by Gasteiger charge is -2.09. The van der Waals surface area contributed by atoms with Gasteiger partial charge in [-0.15, -0.1) is 0 Å². The fourth-order valence-corrected chi connectivity index (χ4v) is 3.18. The molecule has 0 fully saturated rings. The van der Waals surface area contributed by atoms with Crippen molar-refractivity contribution in [2.45, 2.75) is 123 Å². The quantitative estimate of drug-likeness (QED) is 0.189. The first-order valence-electron chi connectivity index (χ1n) is 10.3. The zero-order valence-corrected chi connectivity index (χ0v) is 15.6. The van der Waals surface area contributed by atoms with Gasteiger partial charge in [0.15, 0.2) is 0 Å². The van der Waals surface area contributed by atoms with Crippen molar-refractivity contribution in [1.82, 2.24) is 0 Å². The normalized spacial score (nSPS) is 12.5. The first-order chi connectivity index (χ1) is 10.8. The Kier molecular flexibility index (Phi) is 18.4. The summed E-state index contributed by atoms with van der Waals surface area (Å²) in [5.41, 5.74) is 0. The Morgan fingerprint density at radius 3 is 1.27 bits per heavy atom. The molecule has 132 valence electrons. The molecule has 0 saturated heterocycles. The number of hydrogen-bond acceptors (Lipinski definition) is 1. The molecule has 1 nitrogen and oxygen atoms in total. The molecule has 0 aliphatic rings. The lowest BCUT2D eigenvalue weighted by atomic mass is 9.96. The molecule has 0 saturated carbocycles. The van der Waals surface area contributed by atoms with Gasteiger partial charge < -0.3 is 4.79 Å². The summed E-state index contributed by atoms with van der Waals surface area (Å²) >= 11 is 0. The number of hydrogen-bond donors (Lipinski definition) is 0. The minimum Gasteiger partial charge on any atom is -0.303 e. The van der Waals surface area contributed by atoms with Gasteiger partial charge in [-0.3, -0.25) is 0 Å². The number of rotatable bonds is 18. The highest BCUT2D eigenvalue weighted by molar-refractivity contribution is 5.53. The van der Waals surface area contributed by atoms with Crippen molar-refractivity contribution in [3.05, 3.63) is 0 Å². The third kappa shape index (κ3) is 16.0. The highest BCUT2D eigenvalue weighted by Gasteiger charge is 2.06. The fraction of sp³-hybridized carbons (Fsp3) is 0.952. The Hall–Kier alpha value is -0.330. The smallest absolute Gasteiger partial charge is 0.123 e. The first-order valence-corrected chi connectivity index (χ1v) is 10.3. The highest BCUT2D eigenvalue weighted by Crippen LogP contribution is 2.17. The summed E-state index contributed by atoms with van der Waals surface area (Å²) in [6.45, 7) is 4.50. The van der Waals surface area contributed by atoms with Crippen LogP contribution in [0.3, 0.4) is 0 Å². The zero-order valence-electron chi connectivity index (χ0n) is 15.6. The molecule has 0 heterocycles. The molecule has 22 heavy (non-hydrogen) atoms. The standard InChI is InChI=1S/C21H42O/c1-3-5-7-8-9-10-11-12-13-14-15-17-19-21(20-22)18-16-6-4-2/h20-21H,3-19H2,1-2H3. The largest absolute Gasteiger partial charge is 0.303 e. The Balaban J connectivity index is 3.19. The molecule has 0 aromatic rings. The summed E-state index contributed by atoms with van der Waals surface area (Å²) in [7, 11) is 0. The van der Waals surface area contributed by atoms with Crippen LogP contribution in [0, 0.1) is 5.92 Å². The van der Waals surface area contributed by atoms with Crippen LogP contribution in [0.4, 0.5) is 0 Å². The maximum atomic E-state index is 11.0. The summed E-state index contributed by atoms with van der Waals surface area (Å²) in [6.07, 6.45) is 24.0. The molecule has 1 atom stereocenters. The van der Waals surface area contributed by atoms with Gasteiger partial charge in [0.2, 0.25) is 0 Å². The summed E-state index contributed by atoms with van der Waals surface area (Å²) < 4.78 is 0. The minimum absolute atomic E-state index is 0.342. The van der Waals surface area contributed by atoms with Crippen LogP contribution in [-0.4, -0.2) is 6.29 Å². The van der Waals surface area contributed by atoms with Crippen molar-refractivity contribution >= 4 is 6.29 Å². The SMILES string of the molecule is CCCCCCCCCCCCCCC(C=O)CCCCC. The lowest BCUT2D eigenvalue weighted by Crippen LogP contribution is -2.02. The Morgan fingerprint density at radius 1 is 0.545 bits per heavy atom. The highest BCUT2D eigenvalue weighted by atomic mass is 16.1. The van der Waals surface area contributed by atoms with Crippen LogP contribution in [0.5, 0.6) is 0 Å². The third-order valence-corrected chi connectivity index (χ3v) is 4.80. The van der Waals surface area contributed by atoms with E-state index in [2.05, 4.69) is 13.8 Å². The number of carbonyl (C=O) groups excluding carboxylic acids is 1. The van der Waals surface area contributed by atoms with E-state index in [-0.39, 0.29) is 0 Å². The molecule has 1 unspecified atom stereocenters. The predicted octanol–water partition coefficient (Wildman–Crippen LogP) is 7.47. The van der Waals surface area contributed by atoms with E-state index in [1.54, 1.807) is 0 Å². The zero-order chi connectivity index (χ0) is 16.3. The van der Waals surface area contributed by atoms with Gasteiger partial charge in [-0.1, -0.05) is 110 Å². The van der Waals surface area contributed by atoms with E-state index in [1.165, 1.54) is 103 Å². The second-order valence-corrected chi connectivity index (χ2v) is 7.07. The Labute approximate surface area is 140 Å². The van der Waals surface area contributed by atoms with E-state index < -0.39 is 0 Å². The topological polar surface area (TPSA) is 17.1 Å². The van der Waals surface area contributed by atoms with E-state index in [0.717, 1.165) is 12.8 Å². The Bertz CT molecular complexity index is 212. The molecule has 0 aromatic carbocycles. The maximum Gasteiger partial charge on any atom is 0.123 e. The monoisotopic (exact) mass is 310 g/mol. The minimum atomic E-state index is 0.342. The van der Waals surface area contributed by atoms with Crippen molar-refractivity contribution < 1.29 is 4.79 Å². The van der Waals surface area contributed by atoms with Gasteiger partial charge in [0.25, 0.3) is 0 Å². The molecule has 0 radical (unpaired) electrons. The van der Waals surface area contributed by atoms with E-state index in [4.69, 9.17) is 0 Å². The van der Waals surface area contributed by atoms with Gasteiger partial charge in [0.05, 0.1) is 0 Å². The summed E-state index contributed by atoms with van der Waals surface area (Å²) in [5, 5.41) is 0. The van der Waals surface area contributed by atoms with Gasteiger partial charge in [-0.25, -0.2) is 0 Å². The summed E-state index contributed by atoms with van der Waals surface area (Å²) in [5.74, 6) is 0.342. The van der Waals surface area contributed by atoms with Gasteiger partial charge in [0.1, 0.15) is 6.29 Å². The van der Waals surface area contributed by atoms with E-state index in [1.807, 2.05) is 0 Å². The van der Waals surface area contributed by atoms with Gasteiger partial charge >= 0.3 is 0 Å². The molecule has 0 aliphatic carbocycles. The molecule has 0 aliphatic heterocycles. The molecular weight excluding hydrogens is 268 g/mol. The molecule has 0 rings (SSSR count). The second-order valence-electron chi connectivity index (χ2n) is 7.07. The van der Waals surface area contributed by atoms with Crippen LogP contribution >= 0.6 is 0 Å². The molecule has 0 spiro atoms. The predicted molar refractivity (Wildman–Crippen MR) is 99.4 cm³/mol. The molecule has 0 amide bonds. The van der Waals surface area contributed by atoms with Crippen molar-refractivity contribution in [3.8, 4) is 0 Å². The molecule has 0 aromatic heterocycles.